The minimum atomic E-state index is 0. The molecule has 0 bridgehead atoms. The van der Waals surface area contributed by atoms with Crippen LogP contribution >= 0.6 is 23.7 Å². The van der Waals surface area contributed by atoms with Gasteiger partial charge in [0.25, 0.3) is 0 Å². The summed E-state index contributed by atoms with van der Waals surface area (Å²) in [5, 5.41) is 4.99. The number of benzene rings is 1. The van der Waals surface area contributed by atoms with Gasteiger partial charge in [0, 0.05) is 29.9 Å². The average Bonchev–Trinajstić information content (AvgIpc) is 3.16. The molecule has 0 unspecified atom stereocenters. The van der Waals surface area contributed by atoms with Gasteiger partial charge in [-0.25, -0.2) is 0 Å². The maximum Gasteiger partial charge on any atom is 0.234 e. The summed E-state index contributed by atoms with van der Waals surface area (Å²) in [6.07, 6.45) is 0. The van der Waals surface area contributed by atoms with E-state index in [1.54, 1.807) is 11.3 Å². The van der Waals surface area contributed by atoms with E-state index >= 15 is 0 Å². The van der Waals surface area contributed by atoms with Gasteiger partial charge >= 0.3 is 0 Å². The Morgan fingerprint density at radius 3 is 2.70 bits per heavy atom. The molecule has 0 radical (unpaired) electrons. The highest BCUT2D eigenvalue weighted by molar-refractivity contribution is 7.09. The van der Waals surface area contributed by atoms with Crippen LogP contribution in [0.1, 0.15) is 16.4 Å². The summed E-state index contributed by atoms with van der Waals surface area (Å²) < 4.78 is 0. The standard InChI is InChI=1S/C17H21N3OS.ClH/c18-16-11-20(10-15(16)13-5-2-1-3-6-13)12-17(21)19-9-14-7-4-8-22-14;/h1-8,15-16H,9-12,18H2,(H,19,21);1H/t15-,16+;/m0./s1. The molecule has 3 N–H and O–H groups in total. The van der Waals surface area contributed by atoms with Crippen LogP contribution < -0.4 is 11.1 Å². The summed E-state index contributed by atoms with van der Waals surface area (Å²) in [5.74, 6) is 0.376. The molecule has 1 aromatic heterocycles. The molecule has 23 heavy (non-hydrogen) atoms. The van der Waals surface area contributed by atoms with Crippen molar-refractivity contribution in [3.63, 3.8) is 0 Å². The van der Waals surface area contributed by atoms with Crippen LogP contribution in [0.15, 0.2) is 47.8 Å². The molecule has 6 heteroatoms. The third-order valence-corrected chi connectivity index (χ3v) is 4.95. The molecular formula is C17H22ClN3OS. The summed E-state index contributed by atoms with van der Waals surface area (Å²) in [4.78, 5) is 15.4. The Balaban J connectivity index is 0.00000192. The van der Waals surface area contributed by atoms with Gasteiger partial charge in [0.15, 0.2) is 0 Å². The monoisotopic (exact) mass is 351 g/mol. The van der Waals surface area contributed by atoms with E-state index in [0.29, 0.717) is 19.0 Å². The molecule has 1 aromatic carbocycles. The SMILES string of the molecule is Cl.N[C@@H]1CN(CC(=O)NCc2cccs2)C[C@H]1c1ccccc1. The largest absolute Gasteiger partial charge is 0.350 e. The van der Waals surface area contributed by atoms with Gasteiger partial charge in [-0.2, -0.15) is 0 Å². The van der Waals surface area contributed by atoms with Crippen molar-refractivity contribution in [3.8, 4) is 0 Å². The molecule has 2 aromatic rings. The number of hydrogen-bond acceptors (Lipinski definition) is 4. The lowest BCUT2D eigenvalue weighted by molar-refractivity contribution is -0.122. The third-order valence-electron chi connectivity index (χ3n) is 4.08. The van der Waals surface area contributed by atoms with E-state index in [2.05, 4.69) is 22.3 Å². The molecule has 1 amide bonds. The first-order chi connectivity index (χ1) is 10.7. The molecule has 2 heterocycles. The van der Waals surface area contributed by atoms with Crippen molar-refractivity contribution in [1.29, 1.82) is 0 Å². The van der Waals surface area contributed by atoms with E-state index in [1.807, 2.05) is 35.7 Å². The fraction of sp³-hybridized carbons (Fsp3) is 0.353. The highest BCUT2D eigenvalue weighted by Crippen LogP contribution is 2.25. The van der Waals surface area contributed by atoms with E-state index in [-0.39, 0.29) is 24.4 Å². The summed E-state index contributed by atoms with van der Waals surface area (Å²) >= 11 is 1.66. The van der Waals surface area contributed by atoms with Crippen LogP contribution in [0, 0.1) is 0 Å². The molecule has 0 spiro atoms. The second-order valence-corrected chi connectivity index (χ2v) is 6.76. The van der Waals surface area contributed by atoms with Crippen molar-refractivity contribution in [2.24, 2.45) is 5.73 Å². The molecule has 3 rings (SSSR count). The second kappa shape index (κ2) is 8.45. The van der Waals surface area contributed by atoms with Crippen molar-refractivity contribution in [3.05, 3.63) is 58.3 Å². The number of carbonyl (C=O) groups is 1. The number of nitrogens with zero attached hydrogens (tertiary/aromatic N) is 1. The predicted octanol–water partition coefficient (Wildman–Crippen LogP) is 2.21. The first-order valence-electron chi connectivity index (χ1n) is 7.54. The topological polar surface area (TPSA) is 58.4 Å². The van der Waals surface area contributed by atoms with E-state index in [9.17, 15) is 4.79 Å². The van der Waals surface area contributed by atoms with Crippen LogP contribution in [0.25, 0.3) is 0 Å². The van der Waals surface area contributed by atoms with Crippen LogP contribution in [-0.4, -0.2) is 36.5 Å². The quantitative estimate of drug-likeness (QED) is 0.868. The van der Waals surface area contributed by atoms with Crippen LogP contribution in [0.4, 0.5) is 0 Å². The Labute approximate surface area is 147 Å². The summed E-state index contributed by atoms with van der Waals surface area (Å²) in [6, 6.07) is 14.4. The Hall–Kier alpha value is -1.40. The molecule has 2 atom stereocenters. The Bertz CT molecular complexity index is 606. The zero-order valence-corrected chi connectivity index (χ0v) is 14.5. The maximum absolute atomic E-state index is 12.1. The van der Waals surface area contributed by atoms with Crippen LogP contribution in [-0.2, 0) is 11.3 Å². The molecule has 1 fully saturated rings. The van der Waals surface area contributed by atoms with Gasteiger partial charge in [-0.1, -0.05) is 36.4 Å². The molecule has 1 aliphatic rings. The van der Waals surface area contributed by atoms with E-state index in [4.69, 9.17) is 5.73 Å². The molecule has 0 saturated carbocycles. The van der Waals surface area contributed by atoms with Crippen molar-refractivity contribution in [1.82, 2.24) is 10.2 Å². The lowest BCUT2D eigenvalue weighted by Gasteiger charge is -2.15. The zero-order valence-electron chi connectivity index (χ0n) is 12.9. The van der Waals surface area contributed by atoms with Crippen LogP contribution in [0.2, 0.25) is 0 Å². The number of likely N-dealkylation sites (tertiary alicyclic amines) is 1. The number of hydrogen-bond donors (Lipinski definition) is 2. The van der Waals surface area contributed by atoms with Crippen LogP contribution in [0.5, 0.6) is 0 Å². The zero-order chi connectivity index (χ0) is 15.4. The van der Waals surface area contributed by atoms with Crippen molar-refractivity contribution in [2.45, 2.75) is 18.5 Å². The van der Waals surface area contributed by atoms with Gasteiger partial charge in [0.1, 0.15) is 0 Å². The molecule has 1 saturated heterocycles. The van der Waals surface area contributed by atoms with Crippen molar-refractivity contribution < 1.29 is 4.79 Å². The number of thiophene rings is 1. The summed E-state index contributed by atoms with van der Waals surface area (Å²) in [7, 11) is 0. The fourth-order valence-corrected chi connectivity index (χ4v) is 3.60. The Morgan fingerprint density at radius 2 is 2.00 bits per heavy atom. The molecule has 4 nitrogen and oxygen atoms in total. The van der Waals surface area contributed by atoms with E-state index in [1.165, 1.54) is 10.4 Å². The molecule has 124 valence electrons. The lowest BCUT2D eigenvalue weighted by Crippen LogP contribution is -2.36. The Kier molecular flexibility index (Phi) is 6.59. The minimum absolute atomic E-state index is 0. The molecule has 1 aliphatic heterocycles. The number of carbonyl (C=O) groups excluding carboxylic acids is 1. The van der Waals surface area contributed by atoms with E-state index < -0.39 is 0 Å². The van der Waals surface area contributed by atoms with Gasteiger partial charge in [-0.05, 0) is 17.0 Å². The molecule has 0 aliphatic carbocycles. The van der Waals surface area contributed by atoms with Gasteiger partial charge in [0.2, 0.25) is 5.91 Å². The van der Waals surface area contributed by atoms with Gasteiger partial charge < -0.3 is 11.1 Å². The highest BCUT2D eigenvalue weighted by Gasteiger charge is 2.31. The smallest absolute Gasteiger partial charge is 0.234 e. The highest BCUT2D eigenvalue weighted by atomic mass is 35.5. The molecular weight excluding hydrogens is 330 g/mol. The predicted molar refractivity (Wildman–Crippen MR) is 97.0 cm³/mol. The van der Waals surface area contributed by atoms with Crippen molar-refractivity contribution >= 4 is 29.7 Å². The number of nitrogens with one attached hydrogen (secondary N) is 1. The minimum Gasteiger partial charge on any atom is -0.350 e. The van der Waals surface area contributed by atoms with Crippen LogP contribution in [0.3, 0.4) is 0 Å². The van der Waals surface area contributed by atoms with Gasteiger partial charge in [-0.3, -0.25) is 9.69 Å². The van der Waals surface area contributed by atoms with E-state index in [0.717, 1.165) is 13.1 Å². The number of halogens is 1. The number of rotatable bonds is 5. The first kappa shape index (κ1) is 17.9. The third kappa shape index (κ3) is 4.78. The van der Waals surface area contributed by atoms with Gasteiger partial charge in [0.05, 0.1) is 13.1 Å². The normalized spacial score (nSPS) is 20.9. The average molecular weight is 352 g/mol. The summed E-state index contributed by atoms with van der Waals surface area (Å²) in [6.45, 7) is 2.64. The summed E-state index contributed by atoms with van der Waals surface area (Å²) in [5.41, 5.74) is 7.52. The first-order valence-corrected chi connectivity index (χ1v) is 8.42. The number of amides is 1. The fourth-order valence-electron chi connectivity index (χ4n) is 2.95. The number of nitrogens with two attached hydrogens (primary N) is 1. The Morgan fingerprint density at radius 1 is 1.22 bits per heavy atom. The maximum atomic E-state index is 12.1. The van der Waals surface area contributed by atoms with Gasteiger partial charge in [-0.15, -0.1) is 23.7 Å². The lowest BCUT2D eigenvalue weighted by atomic mass is 9.95. The second-order valence-electron chi connectivity index (χ2n) is 5.73. The van der Waals surface area contributed by atoms with Crippen molar-refractivity contribution in [2.75, 3.05) is 19.6 Å².